The second kappa shape index (κ2) is 4.48. The monoisotopic (exact) mass is 217 g/mol. The molecular formula is C7H9N2O2S2. The number of hydrogen-bond donors (Lipinski definition) is 1. The van der Waals surface area contributed by atoms with E-state index in [2.05, 4.69) is 10.3 Å². The highest BCUT2D eigenvalue weighted by atomic mass is 32.2. The molecule has 0 spiro atoms. The molecule has 1 N–H and O–H groups in total. The molecule has 0 atom stereocenters. The molecule has 0 aliphatic carbocycles. The lowest BCUT2D eigenvalue weighted by molar-refractivity contribution is 0.170. The summed E-state index contributed by atoms with van der Waals surface area (Å²) in [7, 11) is 0. The Kier molecular flexibility index (Phi) is 3.56. The van der Waals surface area contributed by atoms with Crippen LogP contribution in [0.1, 0.15) is 10.6 Å². The van der Waals surface area contributed by atoms with E-state index >= 15 is 0 Å². The molecule has 0 bridgehead atoms. The minimum absolute atomic E-state index is 0.286. The maximum Gasteiger partial charge on any atom is 0.451 e. The van der Waals surface area contributed by atoms with E-state index in [4.69, 9.17) is 0 Å². The van der Waals surface area contributed by atoms with E-state index < -0.39 is 6.09 Å². The smallest absolute Gasteiger partial charge is 0.309 e. The van der Waals surface area contributed by atoms with Crippen LogP contribution in [0.4, 0.5) is 4.79 Å². The zero-order valence-electron chi connectivity index (χ0n) is 7.29. The van der Waals surface area contributed by atoms with Gasteiger partial charge < -0.3 is 5.32 Å². The van der Waals surface area contributed by atoms with Gasteiger partial charge in [-0.05, 0) is 13.8 Å². The van der Waals surface area contributed by atoms with Gasteiger partial charge in [0.2, 0.25) is 0 Å². The predicted octanol–water partition coefficient (Wildman–Crippen LogP) is 1.95. The Balaban J connectivity index is 2.41. The van der Waals surface area contributed by atoms with Crippen molar-refractivity contribution in [2.45, 2.75) is 18.2 Å². The highest BCUT2D eigenvalue weighted by molar-refractivity contribution is 8.01. The molecule has 1 aromatic heterocycles. The van der Waals surface area contributed by atoms with Crippen molar-refractivity contribution in [3.05, 3.63) is 10.6 Å². The standard InChI is InChI=1S/C7H9N2O2S2/c1-4-5(2)13-7(9-4)12-3-8-6(10)11/h8H,3H2,1-2H3. The van der Waals surface area contributed by atoms with Crippen LogP contribution in [0.5, 0.6) is 0 Å². The largest absolute Gasteiger partial charge is 0.451 e. The number of rotatable bonds is 3. The van der Waals surface area contributed by atoms with Crippen LogP contribution in [-0.2, 0) is 5.11 Å². The number of carbonyl (C=O) groups excluding carboxylic acids is 1. The lowest BCUT2D eigenvalue weighted by Gasteiger charge is -1.94. The average molecular weight is 217 g/mol. The van der Waals surface area contributed by atoms with Crippen molar-refractivity contribution in [1.29, 1.82) is 0 Å². The van der Waals surface area contributed by atoms with Crippen molar-refractivity contribution >= 4 is 29.2 Å². The molecular weight excluding hydrogens is 208 g/mol. The molecule has 71 valence electrons. The van der Waals surface area contributed by atoms with Gasteiger partial charge in [-0.1, -0.05) is 11.8 Å². The molecule has 13 heavy (non-hydrogen) atoms. The van der Waals surface area contributed by atoms with E-state index in [0.29, 0.717) is 0 Å². The molecule has 1 amide bonds. The molecule has 1 rings (SSSR count). The van der Waals surface area contributed by atoms with Gasteiger partial charge in [-0.3, -0.25) is 0 Å². The van der Waals surface area contributed by atoms with Gasteiger partial charge >= 0.3 is 6.09 Å². The summed E-state index contributed by atoms with van der Waals surface area (Å²) >= 11 is 2.92. The molecule has 0 aromatic carbocycles. The zero-order valence-corrected chi connectivity index (χ0v) is 8.92. The van der Waals surface area contributed by atoms with Gasteiger partial charge in [0.15, 0.2) is 4.34 Å². The molecule has 0 aliphatic heterocycles. The zero-order chi connectivity index (χ0) is 9.84. The summed E-state index contributed by atoms with van der Waals surface area (Å²) in [6.45, 7) is 3.92. The van der Waals surface area contributed by atoms with Crippen molar-refractivity contribution in [3.8, 4) is 0 Å². The van der Waals surface area contributed by atoms with E-state index in [9.17, 15) is 9.90 Å². The number of thiazole rings is 1. The summed E-state index contributed by atoms with van der Waals surface area (Å²) in [5.74, 6) is 0.286. The molecule has 0 saturated carbocycles. The topological polar surface area (TPSA) is 61.9 Å². The van der Waals surface area contributed by atoms with Crippen molar-refractivity contribution in [2.75, 3.05) is 5.88 Å². The third-order valence-corrected chi connectivity index (χ3v) is 3.52. The van der Waals surface area contributed by atoms with Crippen molar-refractivity contribution in [1.82, 2.24) is 10.3 Å². The van der Waals surface area contributed by atoms with Crippen LogP contribution in [-0.4, -0.2) is 17.0 Å². The summed E-state index contributed by atoms with van der Waals surface area (Å²) in [5, 5.41) is 12.2. The summed E-state index contributed by atoms with van der Waals surface area (Å²) in [6, 6.07) is 0. The van der Waals surface area contributed by atoms with Crippen LogP contribution in [0.2, 0.25) is 0 Å². The van der Waals surface area contributed by atoms with E-state index in [-0.39, 0.29) is 5.88 Å². The molecule has 1 radical (unpaired) electrons. The maximum absolute atomic E-state index is 10.0. The first-order valence-corrected chi connectivity index (χ1v) is 5.41. The van der Waals surface area contributed by atoms with Gasteiger partial charge in [0.05, 0.1) is 11.6 Å². The lowest BCUT2D eigenvalue weighted by atomic mass is 10.4. The highest BCUT2D eigenvalue weighted by Crippen LogP contribution is 2.25. The first-order valence-electron chi connectivity index (χ1n) is 3.61. The minimum Gasteiger partial charge on any atom is -0.309 e. The lowest BCUT2D eigenvalue weighted by Crippen LogP contribution is -2.18. The van der Waals surface area contributed by atoms with Crippen molar-refractivity contribution in [3.63, 3.8) is 0 Å². The second-order valence-corrected chi connectivity index (χ2v) is 4.80. The quantitative estimate of drug-likeness (QED) is 0.621. The minimum atomic E-state index is -1.25. The summed E-state index contributed by atoms with van der Waals surface area (Å²) in [4.78, 5) is 15.4. The van der Waals surface area contributed by atoms with Gasteiger partial charge in [0.25, 0.3) is 0 Å². The molecule has 0 fully saturated rings. The molecule has 1 heterocycles. The molecule has 4 nitrogen and oxygen atoms in total. The normalized spacial score (nSPS) is 10.0. The van der Waals surface area contributed by atoms with E-state index in [1.54, 1.807) is 11.3 Å². The molecule has 6 heteroatoms. The first-order chi connectivity index (χ1) is 6.09. The number of thioether (sulfide) groups is 1. The Labute approximate surface area is 84.4 Å². The number of aromatic nitrogens is 1. The highest BCUT2D eigenvalue weighted by Gasteiger charge is 2.04. The second-order valence-electron chi connectivity index (χ2n) is 2.37. The number of carbonyl (C=O) groups is 1. The van der Waals surface area contributed by atoms with Crippen LogP contribution >= 0.6 is 23.1 Å². The number of nitrogens with zero attached hydrogens (tertiary/aromatic N) is 1. The van der Waals surface area contributed by atoms with Gasteiger partial charge in [0.1, 0.15) is 0 Å². The maximum atomic E-state index is 10.0. The summed E-state index contributed by atoms with van der Waals surface area (Å²) in [5.41, 5.74) is 1.00. The van der Waals surface area contributed by atoms with Gasteiger partial charge in [0, 0.05) is 4.88 Å². The Morgan fingerprint density at radius 2 is 2.31 bits per heavy atom. The van der Waals surface area contributed by atoms with E-state index in [1.807, 2.05) is 13.8 Å². The fourth-order valence-corrected chi connectivity index (χ4v) is 2.60. The SMILES string of the molecule is Cc1nc(SCNC([O])=O)sc1C. The van der Waals surface area contributed by atoms with Crippen LogP contribution in [0.3, 0.4) is 0 Å². The molecule has 1 aromatic rings. The number of amides is 1. The van der Waals surface area contributed by atoms with E-state index in [0.717, 1.165) is 14.9 Å². The Morgan fingerprint density at radius 1 is 1.62 bits per heavy atom. The fourth-order valence-electron chi connectivity index (χ4n) is 0.662. The predicted molar refractivity (Wildman–Crippen MR) is 51.5 cm³/mol. The van der Waals surface area contributed by atoms with Crippen LogP contribution in [0.25, 0.3) is 0 Å². The first kappa shape index (κ1) is 10.3. The number of hydrogen-bond acceptors (Lipinski definition) is 4. The van der Waals surface area contributed by atoms with Crippen LogP contribution < -0.4 is 5.32 Å². The summed E-state index contributed by atoms with van der Waals surface area (Å²) < 4.78 is 0.878. The third-order valence-electron chi connectivity index (χ3n) is 1.42. The molecule has 0 saturated heterocycles. The molecule has 0 aliphatic rings. The number of nitrogens with one attached hydrogen (secondary N) is 1. The van der Waals surface area contributed by atoms with Crippen molar-refractivity contribution in [2.24, 2.45) is 0 Å². The molecule has 0 unspecified atom stereocenters. The fraction of sp³-hybridized carbons (Fsp3) is 0.429. The van der Waals surface area contributed by atoms with Crippen LogP contribution in [0.15, 0.2) is 4.34 Å². The third kappa shape index (κ3) is 3.23. The Morgan fingerprint density at radius 3 is 2.77 bits per heavy atom. The van der Waals surface area contributed by atoms with Gasteiger partial charge in [-0.25, -0.2) is 14.9 Å². The van der Waals surface area contributed by atoms with Crippen LogP contribution in [0, 0.1) is 13.8 Å². The van der Waals surface area contributed by atoms with Crippen molar-refractivity contribution < 1.29 is 9.90 Å². The van der Waals surface area contributed by atoms with E-state index in [1.165, 1.54) is 11.8 Å². The Hall–Kier alpha value is -0.750. The summed E-state index contributed by atoms with van der Waals surface area (Å²) in [6.07, 6.45) is -1.25. The Bertz CT molecular complexity index is 292. The van der Waals surface area contributed by atoms with Gasteiger partial charge in [-0.2, -0.15) is 0 Å². The number of aryl methyl sites for hydroxylation is 2. The van der Waals surface area contributed by atoms with Gasteiger partial charge in [-0.15, -0.1) is 11.3 Å². The average Bonchev–Trinajstić information content (AvgIpc) is 2.30.